The second-order valence-electron chi connectivity index (χ2n) is 8.10. The lowest BCUT2D eigenvalue weighted by Gasteiger charge is -2.31. The quantitative estimate of drug-likeness (QED) is 0.553. The maximum absolute atomic E-state index is 12.4. The van der Waals surface area contributed by atoms with E-state index in [2.05, 4.69) is 35.0 Å². The Morgan fingerprint density at radius 2 is 2.14 bits per heavy atom. The molecule has 0 radical (unpaired) electrons. The van der Waals surface area contributed by atoms with Gasteiger partial charge in [-0.3, -0.25) is 15.1 Å². The minimum absolute atomic E-state index is 0.0421. The van der Waals surface area contributed by atoms with Crippen LogP contribution in [0.1, 0.15) is 44.6 Å². The summed E-state index contributed by atoms with van der Waals surface area (Å²) in [4.78, 5) is 14.8. The predicted octanol–water partition coefficient (Wildman–Crippen LogP) is 1.83. The van der Waals surface area contributed by atoms with E-state index in [0.29, 0.717) is 25.2 Å². The Balaban J connectivity index is 1.38. The Bertz CT molecular complexity index is 636. The van der Waals surface area contributed by atoms with Crippen molar-refractivity contribution in [2.45, 2.75) is 63.7 Å². The summed E-state index contributed by atoms with van der Waals surface area (Å²) in [6.07, 6.45) is 5.22. The highest BCUT2D eigenvalue weighted by molar-refractivity contribution is 5.82. The number of benzene rings is 1. The first-order chi connectivity index (χ1) is 14.2. The minimum Gasteiger partial charge on any atom is -0.492 e. The number of hydrogen-bond acceptors (Lipinski definition) is 6. The zero-order chi connectivity index (χ0) is 20.5. The van der Waals surface area contributed by atoms with Crippen LogP contribution in [-0.4, -0.2) is 62.3 Å². The molecule has 0 bridgehead atoms. The number of likely N-dealkylation sites (N-methyl/N-ethyl adjacent to an activating group) is 1. The van der Waals surface area contributed by atoms with Gasteiger partial charge in [0.05, 0.1) is 0 Å². The van der Waals surface area contributed by atoms with Gasteiger partial charge in [-0.05, 0) is 50.4 Å². The molecule has 162 valence electrons. The second kappa shape index (κ2) is 11.5. The van der Waals surface area contributed by atoms with E-state index in [1.165, 1.54) is 0 Å². The third kappa shape index (κ3) is 6.96. The van der Waals surface area contributed by atoms with Gasteiger partial charge in [0.15, 0.2) is 0 Å². The highest BCUT2D eigenvalue weighted by Gasteiger charge is 2.28. The average molecular weight is 405 g/mol. The van der Waals surface area contributed by atoms with Gasteiger partial charge in [-0.1, -0.05) is 25.5 Å². The van der Waals surface area contributed by atoms with Gasteiger partial charge in [0.2, 0.25) is 5.91 Å². The fraction of sp³-hybridized carbons (Fsp3) is 0.682. The number of ether oxygens (including phenoxy) is 2. The molecule has 2 unspecified atom stereocenters. The Kier molecular flexibility index (Phi) is 8.73. The molecule has 1 aromatic carbocycles. The third-order valence-electron chi connectivity index (χ3n) is 5.83. The van der Waals surface area contributed by atoms with Crippen LogP contribution >= 0.6 is 0 Å². The molecule has 0 aromatic heterocycles. The zero-order valence-electron chi connectivity index (χ0n) is 17.8. The zero-order valence-corrected chi connectivity index (χ0v) is 17.8. The monoisotopic (exact) mass is 404 g/mol. The Labute approximate surface area is 174 Å². The molecule has 2 aliphatic rings. The summed E-state index contributed by atoms with van der Waals surface area (Å²) >= 11 is 0. The molecule has 7 heteroatoms. The molecule has 0 spiro atoms. The van der Waals surface area contributed by atoms with Crippen molar-refractivity contribution in [3.63, 3.8) is 0 Å². The summed E-state index contributed by atoms with van der Waals surface area (Å²) in [5.74, 6) is 0.890. The van der Waals surface area contributed by atoms with Crippen LogP contribution in [0.4, 0.5) is 0 Å². The standard InChI is InChI=1S/C22H36N4O3/c1-3-5-18-15-21(25-24-18)22(27)23-16-17-6-4-7-20(14-17)29-13-10-26(2)19-8-11-28-12-9-19/h4,6-7,14,18-19,21,24-25H,3,5,8-13,15-16H2,1-2H3,(H,23,27). The molecule has 2 heterocycles. The maximum Gasteiger partial charge on any atom is 0.238 e. The third-order valence-corrected chi connectivity index (χ3v) is 5.83. The summed E-state index contributed by atoms with van der Waals surface area (Å²) in [5, 5.41) is 3.03. The van der Waals surface area contributed by atoms with Crippen LogP contribution in [0.5, 0.6) is 5.75 Å². The molecule has 29 heavy (non-hydrogen) atoms. The van der Waals surface area contributed by atoms with Crippen molar-refractivity contribution < 1.29 is 14.3 Å². The number of amides is 1. The number of carbonyl (C=O) groups excluding carboxylic acids is 1. The van der Waals surface area contributed by atoms with Crippen molar-refractivity contribution in [2.24, 2.45) is 0 Å². The summed E-state index contributed by atoms with van der Waals surface area (Å²) in [6.45, 7) is 5.93. The van der Waals surface area contributed by atoms with E-state index in [4.69, 9.17) is 9.47 Å². The van der Waals surface area contributed by atoms with Gasteiger partial charge < -0.3 is 14.8 Å². The van der Waals surface area contributed by atoms with Crippen LogP contribution in [0, 0.1) is 0 Å². The molecule has 2 atom stereocenters. The van der Waals surface area contributed by atoms with E-state index in [1.54, 1.807) is 0 Å². The van der Waals surface area contributed by atoms with Crippen molar-refractivity contribution in [1.29, 1.82) is 0 Å². The Morgan fingerprint density at radius 3 is 2.93 bits per heavy atom. The normalized spacial score (nSPS) is 22.7. The number of rotatable bonds is 10. The largest absolute Gasteiger partial charge is 0.492 e. The number of carbonyl (C=O) groups is 1. The van der Waals surface area contributed by atoms with Gasteiger partial charge in [-0.2, -0.15) is 0 Å². The summed E-state index contributed by atoms with van der Waals surface area (Å²) in [6, 6.07) is 8.78. The number of hydrazine groups is 1. The Morgan fingerprint density at radius 1 is 1.31 bits per heavy atom. The molecule has 2 saturated heterocycles. The minimum atomic E-state index is -0.160. The molecule has 7 nitrogen and oxygen atoms in total. The molecule has 0 saturated carbocycles. The smallest absolute Gasteiger partial charge is 0.238 e. The van der Waals surface area contributed by atoms with Crippen LogP contribution in [0.3, 0.4) is 0 Å². The van der Waals surface area contributed by atoms with E-state index in [1.807, 2.05) is 24.3 Å². The van der Waals surface area contributed by atoms with Crippen molar-refractivity contribution in [3.05, 3.63) is 29.8 Å². The van der Waals surface area contributed by atoms with Crippen molar-refractivity contribution in [2.75, 3.05) is 33.4 Å². The molecule has 1 aromatic rings. The first-order valence-corrected chi connectivity index (χ1v) is 10.9. The van der Waals surface area contributed by atoms with Crippen molar-refractivity contribution in [3.8, 4) is 5.75 Å². The second-order valence-corrected chi connectivity index (χ2v) is 8.10. The highest BCUT2D eigenvalue weighted by atomic mass is 16.5. The molecule has 0 aliphatic carbocycles. The van der Waals surface area contributed by atoms with E-state index in [0.717, 1.165) is 63.2 Å². The van der Waals surface area contributed by atoms with Gasteiger partial charge in [0.1, 0.15) is 18.4 Å². The molecular formula is C22H36N4O3. The number of nitrogens with one attached hydrogen (secondary N) is 3. The first-order valence-electron chi connectivity index (χ1n) is 10.9. The van der Waals surface area contributed by atoms with Crippen LogP contribution in [-0.2, 0) is 16.1 Å². The SMILES string of the molecule is CCCC1CC(C(=O)NCc2cccc(OCCN(C)C3CCOCC3)c2)NN1. The lowest BCUT2D eigenvalue weighted by Crippen LogP contribution is -2.43. The highest BCUT2D eigenvalue weighted by Crippen LogP contribution is 2.16. The predicted molar refractivity (Wildman–Crippen MR) is 114 cm³/mol. The molecule has 2 fully saturated rings. The Hall–Kier alpha value is -1.67. The van der Waals surface area contributed by atoms with Gasteiger partial charge in [-0.15, -0.1) is 0 Å². The summed E-state index contributed by atoms with van der Waals surface area (Å²) in [5.41, 5.74) is 7.36. The van der Waals surface area contributed by atoms with Crippen LogP contribution < -0.4 is 20.9 Å². The van der Waals surface area contributed by atoms with Gasteiger partial charge in [0.25, 0.3) is 0 Å². The van der Waals surface area contributed by atoms with Crippen molar-refractivity contribution in [1.82, 2.24) is 21.1 Å². The van der Waals surface area contributed by atoms with Crippen LogP contribution in [0.25, 0.3) is 0 Å². The van der Waals surface area contributed by atoms with E-state index >= 15 is 0 Å². The average Bonchev–Trinajstić information content (AvgIpc) is 3.22. The van der Waals surface area contributed by atoms with Gasteiger partial charge >= 0.3 is 0 Å². The lowest BCUT2D eigenvalue weighted by molar-refractivity contribution is -0.123. The van der Waals surface area contributed by atoms with E-state index in [-0.39, 0.29) is 11.9 Å². The maximum atomic E-state index is 12.4. The van der Waals surface area contributed by atoms with Crippen molar-refractivity contribution >= 4 is 5.91 Å². The van der Waals surface area contributed by atoms with Crippen LogP contribution in [0.2, 0.25) is 0 Å². The molecule has 1 amide bonds. The molecular weight excluding hydrogens is 368 g/mol. The lowest BCUT2D eigenvalue weighted by atomic mass is 10.1. The number of nitrogens with zero attached hydrogens (tertiary/aromatic N) is 1. The fourth-order valence-corrected chi connectivity index (χ4v) is 4.01. The summed E-state index contributed by atoms with van der Waals surface area (Å²) in [7, 11) is 2.16. The molecule has 2 aliphatic heterocycles. The molecule has 3 rings (SSSR count). The van der Waals surface area contributed by atoms with E-state index < -0.39 is 0 Å². The topological polar surface area (TPSA) is 74.9 Å². The van der Waals surface area contributed by atoms with Crippen LogP contribution in [0.15, 0.2) is 24.3 Å². The number of hydrogen-bond donors (Lipinski definition) is 3. The van der Waals surface area contributed by atoms with Gasteiger partial charge in [-0.25, -0.2) is 5.43 Å². The first kappa shape index (κ1) is 22.0. The summed E-state index contributed by atoms with van der Waals surface area (Å²) < 4.78 is 11.4. The molecule has 3 N–H and O–H groups in total. The van der Waals surface area contributed by atoms with E-state index in [9.17, 15) is 4.79 Å². The van der Waals surface area contributed by atoms with Gasteiger partial charge in [0, 0.05) is 38.4 Å². The fourth-order valence-electron chi connectivity index (χ4n) is 4.01.